The number of benzene rings is 5. The van der Waals surface area contributed by atoms with Crippen molar-refractivity contribution in [1.82, 2.24) is 0 Å². The van der Waals surface area contributed by atoms with Gasteiger partial charge in [0.05, 0.1) is 45.1 Å². The molecule has 0 aromatic heterocycles. The lowest BCUT2D eigenvalue weighted by Gasteiger charge is -2.49. The Morgan fingerprint density at radius 1 is 0.500 bits per heavy atom. The van der Waals surface area contributed by atoms with Crippen LogP contribution in [0.5, 0.6) is 0 Å². The van der Waals surface area contributed by atoms with E-state index in [0.717, 1.165) is 33.9 Å². The predicted octanol–water partition coefficient (Wildman–Crippen LogP) is 9.68. The topological polar surface area (TPSA) is 130 Å². The van der Waals surface area contributed by atoms with Crippen LogP contribution in [0.25, 0.3) is 0 Å². The molecule has 70 heavy (non-hydrogen) atoms. The quantitative estimate of drug-likeness (QED) is 0.0467. The van der Waals surface area contributed by atoms with Gasteiger partial charge in [0.1, 0.15) is 55.4 Å². The monoisotopic (exact) mass is 976 g/mol. The SMILES string of the molecule is CC(C)(C)C(=O)OC[C@H]1O[C@@H](OCC[Si](C)(C)C)[C@H](OCc2ccccc2)[C@@H](O)[C@@H]1O[C@@H]1O[C@H](COCc2ccccc2)[C@@H](OCc2ccccc2)[C@H](OCc2ccccc2)[C@@H]1OCc1ccccc1. The minimum absolute atomic E-state index is 0.0942. The van der Waals surface area contributed by atoms with Gasteiger partial charge in [-0.15, -0.1) is 0 Å². The zero-order valence-electron chi connectivity index (χ0n) is 41.5. The van der Waals surface area contributed by atoms with Crippen LogP contribution in [0, 0.1) is 5.41 Å². The Balaban J connectivity index is 1.27. The molecule has 1 N–H and O–H groups in total. The first-order valence-corrected chi connectivity index (χ1v) is 28.2. The maximum atomic E-state index is 13.4. The van der Waals surface area contributed by atoms with Gasteiger partial charge in [0, 0.05) is 14.7 Å². The number of hydrogen-bond donors (Lipinski definition) is 1. The molecule has 10 atom stereocenters. The summed E-state index contributed by atoms with van der Waals surface area (Å²) in [4.78, 5) is 13.4. The number of aliphatic hydroxyl groups excluding tert-OH is 1. The van der Waals surface area contributed by atoms with Crippen molar-refractivity contribution in [1.29, 1.82) is 0 Å². The highest BCUT2D eigenvalue weighted by Gasteiger charge is 2.54. The molecule has 2 saturated heterocycles. The van der Waals surface area contributed by atoms with E-state index < -0.39 is 80.9 Å². The first kappa shape index (κ1) is 53.2. The molecule has 0 bridgehead atoms. The summed E-state index contributed by atoms with van der Waals surface area (Å²) < 4.78 is 67.2. The minimum Gasteiger partial charge on any atom is -0.462 e. The molecule has 2 heterocycles. The smallest absolute Gasteiger partial charge is 0.311 e. The molecule has 376 valence electrons. The van der Waals surface area contributed by atoms with Crippen LogP contribution in [0.3, 0.4) is 0 Å². The number of carbonyl (C=O) groups excluding carboxylic acids is 1. The molecular weight excluding hydrogens is 905 g/mol. The Morgan fingerprint density at radius 2 is 0.900 bits per heavy atom. The van der Waals surface area contributed by atoms with Gasteiger partial charge in [0.2, 0.25) is 0 Å². The summed E-state index contributed by atoms with van der Waals surface area (Å²) in [5.41, 5.74) is 3.91. The van der Waals surface area contributed by atoms with Crippen molar-refractivity contribution in [3.63, 3.8) is 0 Å². The Hall–Kier alpha value is -4.61. The van der Waals surface area contributed by atoms with Crippen LogP contribution < -0.4 is 0 Å². The maximum absolute atomic E-state index is 13.4. The van der Waals surface area contributed by atoms with Crippen molar-refractivity contribution in [3.8, 4) is 0 Å². The van der Waals surface area contributed by atoms with Crippen LogP contribution >= 0.6 is 0 Å². The standard InChI is InChI=1S/C57H72O12Si/c1-57(2,3)56(59)66-40-47-49(48(58)51(63-36-43-26-16-9-17-27-43)54(67-47)61-32-33-70(4,5)6)69-55-53(65-38-45-30-20-11-21-31-45)52(64-37-44-28-18-10-19-29-44)50(62-35-42-24-14-8-15-25-42)46(68-55)39-60-34-41-22-12-7-13-23-41/h7-31,46-55,58H,32-40H2,1-6H3/t46-,47-,48+,49-,50-,51-,52+,53+,54-,55+/m1/s1. The van der Waals surface area contributed by atoms with Crippen molar-refractivity contribution in [2.24, 2.45) is 5.41 Å². The summed E-state index contributed by atoms with van der Waals surface area (Å²) in [5.74, 6) is -0.440. The average molecular weight is 977 g/mol. The third kappa shape index (κ3) is 16.2. The van der Waals surface area contributed by atoms with E-state index in [1.165, 1.54) is 0 Å². The predicted molar refractivity (Wildman–Crippen MR) is 269 cm³/mol. The van der Waals surface area contributed by atoms with Gasteiger partial charge in [-0.25, -0.2) is 0 Å². The van der Waals surface area contributed by atoms with Crippen LogP contribution in [-0.2, 0) is 85.2 Å². The largest absolute Gasteiger partial charge is 0.462 e. The van der Waals surface area contributed by atoms with Crippen molar-refractivity contribution in [3.05, 3.63) is 179 Å². The van der Waals surface area contributed by atoms with Gasteiger partial charge < -0.3 is 52.5 Å². The highest BCUT2D eigenvalue weighted by Crippen LogP contribution is 2.36. The highest BCUT2D eigenvalue weighted by atomic mass is 28.3. The Morgan fingerprint density at radius 3 is 1.36 bits per heavy atom. The van der Waals surface area contributed by atoms with Crippen molar-refractivity contribution >= 4 is 14.0 Å². The third-order valence-electron chi connectivity index (χ3n) is 12.2. The van der Waals surface area contributed by atoms with Crippen molar-refractivity contribution in [2.45, 2.75) is 141 Å². The van der Waals surface area contributed by atoms with Gasteiger partial charge in [-0.1, -0.05) is 171 Å². The molecule has 2 fully saturated rings. The molecular formula is C57H72O12Si. The van der Waals surface area contributed by atoms with Crippen LogP contribution in [-0.4, -0.2) is 100 Å². The molecule has 2 aliphatic rings. The molecule has 13 heteroatoms. The Bertz CT molecular complexity index is 2240. The fourth-order valence-corrected chi connectivity index (χ4v) is 8.87. The van der Waals surface area contributed by atoms with E-state index in [2.05, 4.69) is 19.6 Å². The molecule has 0 saturated carbocycles. The van der Waals surface area contributed by atoms with E-state index in [9.17, 15) is 9.90 Å². The lowest BCUT2D eigenvalue weighted by Crippen LogP contribution is -2.66. The van der Waals surface area contributed by atoms with Gasteiger partial charge in [-0.3, -0.25) is 4.79 Å². The van der Waals surface area contributed by atoms with E-state index in [1.807, 2.05) is 152 Å². The van der Waals surface area contributed by atoms with E-state index in [-0.39, 0.29) is 39.6 Å². The second kappa shape index (κ2) is 26.2. The molecule has 0 unspecified atom stereocenters. The fraction of sp³-hybridized carbons (Fsp3) is 0.456. The molecule has 5 aromatic rings. The maximum Gasteiger partial charge on any atom is 0.311 e. The molecule has 12 nitrogen and oxygen atoms in total. The van der Waals surface area contributed by atoms with Gasteiger partial charge in [-0.2, -0.15) is 0 Å². The summed E-state index contributed by atoms with van der Waals surface area (Å²) in [6.07, 6.45) is -10.1. The molecule has 0 aliphatic carbocycles. The summed E-state index contributed by atoms with van der Waals surface area (Å²) in [7, 11) is -1.55. The van der Waals surface area contributed by atoms with Crippen LogP contribution in [0.1, 0.15) is 48.6 Å². The van der Waals surface area contributed by atoms with Gasteiger partial charge in [-0.05, 0) is 54.6 Å². The van der Waals surface area contributed by atoms with Crippen molar-refractivity contribution in [2.75, 3.05) is 19.8 Å². The molecule has 7 rings (SSSR count). The van der Waals surface area contributed by atoms with E-state index in [4.69, 9.17) is 47.4 Å². The lowest BCUT2D eigenvalue weighted by atomic mass is 9.95. The van der Waals surface area contributed by atoms with Crippen molar-refractivity contribution < 1.29 is 57.3 Å². The van der Waals surface area contributed by atoms with E-state index in [0.29, 0.717) is 13.2 Å². The summed E-state index contributed by atoms with van der Waals surface area (Å²) >= 11 is 0. The fourth-order valence-electron chi connectivity index (χ4n) is 8.14. The second-order valence-electron chi connectivity index (χ2n) is 20.3. The molecule has 5 aromatic carbocycles. The lowest BCUT2D eigenvalue weighted by molar-refractivity contribution is -0.373. The molecule has 0 spiro atoms. The first-order valence-electron chi connectivity index (χ1n) is 24.5. The molecule has 2 aliphatic heterocycles. The van der Waals surface area contributed by atoms with Crippen LogP contribution in [0.2, 0.25) is 25.7 Å². The number of esters is 1. The number of ether oxygens (including phenoxy) is 10. The second-order valence-corrected chi connectivity index (χ2v) is 25.9. The third-order valence-corrected chi connectivity index (χ3v) is 13.9. The zero-order chi connectivity index (χ0) is 49.4. The number of carbonyl (C=O) groups is 1. The number of hydrogen-bond acceptors (Lipinski definition) is 12. The Kier molecular flexibility index (Phi) is 19.9. The van der Waals surface area contributed by atoms with Gasteiger partial charge in [0.25, 0.3) is 0 Å². The van der Waals surface area contributed by atoms with E-state index >= 15 is 0 Å². The van der Waals surface area contributed by atoms with Gasteiger partial charge in [0.15, 0.2) is 12.6 Å². The van der Waals surface area contributed by atoms with Crippen LogP contribution in [0.15, 0.2) is 152 Å². The van der Waals surface area contributed by atoms with Gasteiger partial charge >= 0.3 is 5.97 Å². The Labute approximate surface area is 415 Å². The normalized spacial score (nSPS) is 25.1. The summed E-state index contributed by atoms with van der Waals surface area (Å²) in [6.45, 7) is 13.5. The van der Waals surface area contributed by atoms with E-state index in [1.54, 1.807) is 20.8 Å². The number of rotatable bonds is 24. The molecule has 0 radical (unpaired) electrons. The summed E-state index contributed by atoms with van der Waals surface area (Å²) in [6, 6.07) is 50.2. The van der Waals surface area contributed by atoms with Crippen LogP contribution in [0.4, 0.5) is 0 Å². The summed E-state index contributed by atoms with van der Waals surface area (Å²) in [5, 5.41) is 12.8. The number of aliphatic hydroxyl groups is 1. The zero-order valence-corrected chi connectivity index (χ0v) is 42.5. The first-order chi connectivity index (χ1) is 33.8. The average Bonchev–Trinajstić information content (AvgIpc) is 3.35. The minimum atomic E-state index is -1.55. The highest BCUT2D eigenvalue weighted by molar-refractivity contribution is 6.76. The molecule has 0 amide bonds.